The molecule has 2 aliphatic rings. The van der Waals surface area contributed by atoms with Gasteiger partial charge in [0.2, 0.25) is 5.91 Å². The average molecular weight is 362 g/mol. The van der Waals surface area contributed by atoms with Gasteiger partial charge < -0.3 is 14.9 Å². The Morgan fingerprint density at radius 3 is 2.65 bits per heavy atom. The van der Waals surface area contributed by atoms with Gasteiger partial charge in [-0.2, -0.15) is 0 Å². The number of aryl methyl sites for hydroxylation is 1. The number of nitrogens with zero attached hydrogens (tertiary/aromatic N) is 2. The number of rotatable bonds is 4. The van der Waals surface area contributed by atoms with Crippen LogP contribution in [-0.4, -0.2) is 59.5 Å². The van der Waals surface area contributed by atoms with Crippen LogP contribution in [0.4, 0.5) is 4.39 Å². The van der Waals surface area contributed by atoms with Crippen molar-refractivity contribution in [3.05, 3.63) is 35.1 Å². The summed E-state index contributed by atoms with van der Waals surface area (Å²) in [5, 5.41) is 9.02. The van der Waals surface area contributed by atoms with E-state index in [2.05, 4.69) is 0 Å². The van der Waals surface area contributed by atoms with Crippen molar-refractivity contribution in [1.82, 2.24) is 9.80 Å². The molecular formula is C20H27FN2O3. The van der Waals surface area contributed by atoms with Gasteiger partial charge in [0.1, 0.15) is 5.82 Å². The molecule has 0 bridgehead atoms. The number of halogens is 1. The van der Waals surface area contributed by atoms with Gasteiger partial charge in [-0.15, -0.1) is 0 Å². The number of aliphatic hydroxyl groups is 1. The van der Waals surface area contributed by atoms with Crippen LogP contribution in [-0.2, 0) is 4.79 Å². The lowest BCUT2D eigenvalue weighted by atomic mass is 9.72. The third-order valence-electron chi connectivity index (χ3n) is 5.86. The minimum atomic E-state index is -0.327. The Labute approximate surface area is 153 Å². The van der Waals surface area contributed by atoms with Crippen LogP contribution < -0.4 is 0 Å². The summed E-state index contributed by atoms with van der Waals surface area (Å²) >= 11 is 0. The zero-order valence-corrected chi connectivity index (χ0v) is 15.3. The van der Waals surface area contributed by atoms with E-state index in [4.69, 9.17) is 5.11 Å². The minimum absolute atomic E-state index is 0.0404. The topological polar surface area (TPSA) is 60.9 Å². The minimum Gasteiger partial charge on any atom is -0.396 e. The van der Waals surface area contributed by atoms with E-state index in [1.54, 1.807) is 13.0 Å². The van der Waals surface area contributed by atoms with Gasteiger partial charge in [-0.05, 0) is 61.8 Å². The SMILES string of the molecule is Cc1cc(F)ccc1C(=O)N1CCC2(CCC(=O)N(CCCO)C2)CC1. The molecule has 2 fully saturated rings. The first-order chi connectivity index (χ1) is 12.4. The molecule has 0 aliphatic carbocycles. The summed E-state index contributed by atoms with van der Waals surface area (Å²) in [5.74, 6) is -0.197. The molecule has 26 heavy (non-hydrogen) atoms. The molecule has 5 nitrogen and oxygen atoms in total. The fraction of sp³-hybridized carbons (Fsp3) is 0.600. The molecule has 1 aromatic carbocycles. The molecule has 3 rings (SSSR count). The van der Waals surface area contributed by atoms with Crippen LogP contribution in [0.3, 0.4) is 0 Å². The van der Waals surface area contributed by atoms with Crippen LogP contribution >= 0.6 is 0 Å². The second-order valence-corrected chi connectivity index (χ2v) is 7.64. The lowest BCUT2D eigenvalue weighted by Crippen LogP contribution is -2.52. The summed E-state index contributed by atoms with van der Waals surface area (Å²) in [6.07, 6.45) is 3.79. The number of carbonyl (C=O) groups excluding carboxylic acids is 2. The average Bonchev–Trinajstić information content (AvgIpc) is 2.63. The van der Waals surface area contributed by atoms with Crippen LogP contribution in [0.15, 0.2) is 18.2 Å². The van der Waals surface area contributed by atoms with Gasteiger partial charge in [0, 0.05) is 44.8 Å². The van der Waals surface area contributed by atoms with E-state index in [1.165, 1.54) is 12.1 Å². The number of aliphatic hydroxyl groups excluding tert-OH is 1. The molecule has 0 atom stereocenters. The highest BCUT2D eigenvalue weighted by molar-refractivity contribution is 5.95. The Morgan fingerprint density at radius 1 is 1.27 bits per heavy atom. The Hall–Kier alpha value is -1.95. The highest BCUT2D eigenvalue weighted by Crippen LogP contribution is 2.40. The highest BCUT2D eigenvalue weighted by Gasteiger charge is 2.41. The van der Waals surface area contributed by atoms with Gasteiger partial charge in [-0.3, -0.25) is 9.59 Å². The van der Waals surface area contributed by atoms with Crippen molar-refractivity contribution >= 4 is 11.8 Å². The smallest absolute Gasteiger partial charge is 0.254 e. The van der Waals surface area contributed by atoms with E-state index >= 15 is 0 Å². The molecule has 1 spiro atoms. The van der Waals surface area contributed by atoms with Gasteiger partial charge in [0.05, 0.1) is 0 Å². The zero-order valence-electron chi connectivity index (χ0n) is 15.3. The lowest BCUT2D eigenvalue weighted by molar-refractivity contribution is -0.139. The normalized spacial score (nSPS) is 19.9. The molecule has 142 valence electrons. The van der Waals surface area contributed by atoms with Crippen molar-refractivity contribution < 1.29 is 19.1 Å². The highest BCUT2D eigenvalue weighted by atomic mass is 19.1. The lowest BCUT2D eigenvalue weighted by Gasteiger charge is -2.47. The predicted octanol–water partition coefficient (Wildman–Crippen LogP) is 2.36. The number of carbonyl (C=O) groups is 2. The molecular weight excluding hydrogens is 335 g/mol. The zero-order chi connectivity index (χ0) is 18.7. The van der Waals surface area contributed by atoms with E-state index < -0.39 is 0 Å². The summed E-state index contributed by atoms with van der Waals surface area (Å²) in [4.78, 5) is 28.6. The first kappa shape index (κ1) is 18.8. The molecule has 2 heterocycles. The number of hydrogen-bond donors (Lipinski definition) is 1. The summed E-state index contributed by atoms with van der Waals surface area (Å²) < 4.78 is 13.3. The van der Waals surface area contributed by atoms with Crippen molar-refractivity contribution in [3.63, 3.8) is 0 Å². The molecule has 0 aromatic heterocycles. The van der Waals surface area contributed by atoms with Crippen molar-refractivity contribution in [2.24, 2.45) is 5.41 Å². The standard InChI is InChI=1S/C20H27FN2O3/c1-15-13-16(21)3-4-17(15)19(26)22-10-7-20(8-11-22)6-5-18(25)23(14-20)9-2-12-24/h3-4,13,24H,2,5-12,14H2,1H3. The molecule has 1 N–H and O–H groups in total. The molecule has 0 saturated carbocycles. The number of likely N-dealkylation sites (tertiary alicyclic amines) is 2. The van der Waals surface area contributed by atoms with Crippen LogP contribution in [0.2, 0.25) is 0 Å². The number of piperidine rings is 2. The molecule has 0 radical (unpaired) electrons. The first-order valence-corrected chi connectivity index (χ1v) is 9.38. The number of hydrogen-bond acceptors (Lipinski definition) is 3. The maximum atomic E-state index is 13.3. The predicted molar refractivity (Wildman–Crippen MR) is 96.2 cm³/mol. The van der Waals surface area contributed by atoms with Gasteiger partial charge in [-0.25, -0.2) is 4.39 Å². The fourth-order valence-electron chi connectivity index (χ4n) is 4.20. The molecule has 1 aromatic rings. The molecule has 6 heteroatoms. The number of amides is 2. The van der Waals surface area contributed by atoms with Gasteiger partial charge in [0.15, 0.2) is 0 Å². The summed E-state index contributed by atoms with van der Waals surface area (Å²) in [6.45, 7) is 4.51. The third-order valence-corrected chi connectivity index (χ3v) is 5.86. The van der Waals surface area contributed by atoms with E-state index in [0.717, 1.165) is 25.8 Å². The van der Waals surface area contributed by atoms with Crippen LogP contribution in [0, 0.1) is 18.2 Å². The van der Waals surface area contributed by atoms with E-state index in [9.17, 15) is 14.0 Å². The quantitative estimate of drug-likeness (QED) is 0.894. The maximum Gasteiger partial charge on any atom is 0.254 e. The first-order valence-electron chi connectivity index (χ1n) is 9.38. The van der Waals surface area contributed by atoms with Crippen molar-refractivity contribution in [3.8, 4) is 0 Å². The van der Waals surface area contributed by atoms with Crippen LogP contribution in [0.5, 0.6) is 0 Å². The number of benzene rings is 1. The van der Waals surface area contributed by atoms with Gasteiger partial charge in [-0.1, -0.05) is 0 Å². The summed E-state index contributed by atoms with van der Waals surface area (Å²) in [6, 6.07) is 4.29. The molecule has 2 saturated heterocycles. The molecule has 2 amide bonds. The van der Waals surface area contributed by atoms with Gasteiger partial charge in [0.25, 0.3) is 5.91 Å². The monoisotopic (exact) mass is 362 g/mol. The second kappa shape index (κ2) is 7.74. The van der Waals surface area contributed by atoms with E-state index in [0.29, 0.717) is 43.6 Å². The third kappa shape index (κ3) is 3.90. The van der Waals surface area contributed by atoms with E-state index in [-0.39, 0.29) is 29.7 Å². The van der Waals surface area contributed by atoms with Crippen molar-refractivity contribution in [2.45, 2.75) is 39.0 Å². The molecule has 0 unspecified atom stereocenters. The van der Waals surface area contributed by atoms with Crippen molar-refractivity contribution in [1.29, 1.82) is 0 Å². The van der Waals surface area contributed by atoms with Gasteiger partial charge >= 0.3 is 0 Å². The van der Waals surface area contributed by atoms with E-state index in [1.807, 2.05) is 9.80 Å². The van der Waals surface area contributed by atoms with Crippen LogP contribution in [0.25, 0.3) is 0 Å². The largest absolute Gasteiger partial charge is 0.396 e. The summed E-state index contributed by atoms with van der Waals surface area (Å²) in [7, 11) is 0. The van der Waals surface area contributed by atoms with Crippen molar-refractivity contribution in [2.75, 3.05) is 32.8 Å². The Balaban J connectivity index is 1.63. The summed E-state index contributed by atoms with van der Waals surface area (Å²) in [5.41, 5.74) is 1.30. The second-order valence-electron chi connectivity index (χ2n) is 7.64. The molecule has 2 aliphatic heterocycles. The van der Waals surface area contributed by atoms with Crippen LogP contribution in [0.1, 0.15) is 48.0 Å². The Bertz CT molecular complexity index is 684. The maximum absolute atomic E-state index is 13.3. The Kier molecular flexibility index (Phi) is 5.61. The Morgan fingerprint density at radius 2 is 2.00 bits per heavy atom. The fourth-order valence-corrected chi connectivity index (χ4v) is 4.20.